The Morgan fingerprint density at radius 3 is 0.500 bits per heavy atom. The van der Waals surface area contributed by atoms with Crippen LogP contribution in [0.15, 0.2) is 12.2 Å². The molecule has 0 aliphatic heterocycles. The predicted octanol–water partition coefficient (Wildman–Crippen LogP) is -3.19. The average Bonchev–Trinajstić information content (AvgIpc) is 2.85. The molecule has 0 aliphatic carbocycles. The molecule has 0 aromatic carbocycles. The van der Waals surface area contributed by atoms with Crippen LogP contribution in [-0.4, -0.2) is 152 Å². The fraction of sp³-hybridized carbons (Fsp3) is 0.864. The molecule has 36 heavy (non-hydrogen) atoms. The molecule has 0 unspecified atom stereocenters. The third-order valence-corrected chi connectivity index (χ3v) is 2.26. The molecule has 0 aromatic rings. The van der Waals surface area contributed by atoms with E-state index in [1.807, 2.05) is 0 Å². The predicted molar refractivity (Wildman–Crippen MR) is 135 cm³/mol. The summed E-state index contributed by atoms with van der Waals surface area (Å²) in [6, 6.07) is 0. The number of carbonyl (C=O) groups is 1. The number of rotatable bonds is 13. The van der Waals surface area contributed by atoms with Crippen molar-refractivity contribution in [2.24, 2.45) is 0 Å². The van der Waals surface area contributed by atoms with Crippen LogP contribution in [0, 0.1) is 0 Å². The van der Waals surface area contributed by atoms with Crippen LogP contribution in [0.3, 0.4) is 0 Å². The lowest BCUT2D eigenvalue weighted by Crippen LogP contribution is -1.92. The highest BCUT2D eigenvalue weighted by Gasteiger charge is 1.90. The van der Waals surface area contributed by atoms with Gasteiger partial charge in [0.15, 0.2) is 0 Å². The van der Waals surface area contributed by atoms with Crippen molar-refractivity contribution in [1.29, 1.82) is 0 Å². The number of carboxylic acids is 1. The summed E-state index contributed by atoms with van der Waals surface area (Å²) in [6.07, 6.45) is 3.00. The summed E-state index contributed by atoms with van der Waals surface area (Å²) in [7, 11) is 0. The SMILES string of the molecule is C=C(C)C(=O)O.OCCCO.OCCCO.OCCCO.OCCCO.OCCCO.OCCCO. The van der Waals surface area contributed by atoms with Crippen LogP contribution in [0.4, 0.5) is 0 Å². The minimum absolute atomic E-state index is 0.0938. The molecule has 0 bridgehead atoms. The summed E-state index contributed by atoms with van der Waals surface area (Å²) in [4.78, 5) is 9.60. The maximum atomic E-state index is 9.60. The molecule has 0 rings (SSSR count). The summed E-state index contributed by atoms with van der Waals surface area (Å²) in [5.74, 6) is -0.935. The molecule has 14 nitrogen and oxygen atoms in total. The smallest absolute Gasteiger partial charge is 0.330 e. The highest BCUT2D eigenvalue weighted by atomic mass is 16.4. The van der Waals surface area contributed by atoms with Crippen molar-refractivity contribution in [2.75, 3.05) is 79.3 Å². The fourth-order valence-electron chi connectivity index (χ4n) is 0.424. The molecular formula is C22H54O14. The van der Waals surface area contributed by atoms with Crippen molar-refractivity contribution in [3.8, 4) is 0 Å². The maximum Gasteiger partial charge on any atom is 0.330 e. The summed E-state index contributed by atoms with van der Waals surface area (Å²) >= 11 is 0. The van der Waals surface area contributed by atoms with Gasteiger partial charge in [0.2, 0.25) is 0 Å². The van der Waals surface area contributed by atoms with Crippen LogP contribution >= 0.6 is 0 Å². The Kier molecular flexibility index (Phi) is 99.8. The quantitative estimate of drug-likeness (QED) is 0.102. The fourth-order valence-corrected chi connectivity index (χ4v) is 0.424. The molecule has 0 heterocycles. The molecule has 0 saturated heterocycles. The van der Waals surface area contributed by atoms with E-state index in [4.69, 9.17) is 66.4 Å². The van der Waals surface area contributed by atoms with Crippen molar-refractivity contribution in [1.82, 2.24) is 0 Å². The van der Waals surface area contributed by atoms with E-state index in [2.05, 4.69) is 6.58 Å². The summed E-state index contributed by atoms with van der Waals surface area (Å²) in [6.45, 7) is 5.73. The van der Waals surface area contributed by atoms with Crippen LogP contribution < -0.4 is 0 Å². The second kappa shape index (κ2) is 69.9. The van der Waals surface area contributed by atoms with Gasteiger partial charge < -0.3 is 66.4 Å². The van der Waals surface area contributed by atoms with Crippen LogP contribution in [0.2, 0.25) is 0 Å². The lowest BCUT2D eigenvalue weighted by molar-refractivity contribution is -0.132. The minimum atomic E-state index is -0.935. The van der Waals surface area contributed by atoms with Crippen molar-refractivity contribution in [3.63, 3.8) is 0 Å². The van der Waals surface area contributed by atoms with Crippen LogP contribution in [-0.2, 0) is 4.79 Å². The van der Waals surface area contributed by atoms with Crippen molar-refractivity contribution < 1.29 is 71.2 Å². The lowest BCUT2D eigenvalue weighted by atomic mass is 10.4. The minimum Gasteiger partial charge on any atom is -0.478 e. The monoisotopic (exact) mass is 542 g/mol. The van der Waals surface area contributed by atoms with Gasteiger partial charge in [0.05, 0.1) is 0 Å². The first-order valence-corrected chi connectivity index (χ1v) is 11.3. The molecule has 0 aromatic heterocycles. The van der Waals surface area contributed by atoms with Gasteiger partial charge in [-0.25, -0.2) is 4.79 Å². The Hall–Kier alpha value is -1.27. The maximum absolute atomic E-state index is 9.60. The normalized spacial score (nSPS) is 8.25. The highest BCUT2D eigenvalue weighted by molar-refractivity contribution is 5.84. The number of aliphatic hydroxyl groups excluding tert-OH is 12. The molecule has 13 N–H and O–H groups in total. The van der Waals surface area contributed by atoms with Gasteiger partial charge in [-0.15, -0.1) is 0 Å². The second-order valence-electron chi connectivity index (χ2n) is 5.89. The van der Waals surface area contributed by atoms with E-state index in [1.54, 1.807) is 0 Å². The zero-order chi connectivity index (χ0) is 29.9. The van der Waals surface area contributed by atoms with Gasteiger partial charge in [-0.2, -0.15) is 0 Å². The van der Waals surface area contributed by atoms with Crippen LogP contribution in [0.5, 0.6) is 0 Å². The van der Waals surface area contributed by atoms with E-state index in [0.717, 1.165) is 0 Å². The summed E-state index contributed by atoms with van der Waals surface area (Å²) in [5.41, 5.74) is 0.176. The third kappa shape index (κ3) is 152. The standard InChI is InChI=1S/C4H6O2.6C3H8O2/c1-3(2)4(5)6;6*4-2-1-3-5/h1H2,2H3,(H,5,6);6*4-5H,1-3H2. The molecule has 0 spiro atoms. The second-order valence-corrected chi connectivity index (χ2v) is 5.89. The largest absolute Gasteiger partial charge is 0.478 e. The number of carboxylic acid groups (broad SMARTS) is 1. The van der Waals surface area contributed by atoms with E-state index in [-0.39, 0.29) is 84.9 Å². The Morgan fingerprint density at radius 2 is 0.500 bits per heavy atom. The third-order valence-electron chi connectivity index (χ3n) is 2.26. The van der Waals surface area contributed by atoms with E-state index in [9.17, 15) is 4.79 Å². The van der Waals surface area contributed by atoms with Crippen LogP contribution in [0.1, 0.15) is 45.4 Å². The summed E-state index contributed by atoms with van der Waals surface area (Å²) < 4.78 is 0. The van der Waals surface area contributed by atoms with Gasteiger partial charge in [0.1, 0.15) is 0 Å². The Morgan fingerprint density at radius 1 is 0.417 bits per heavy atom. The van der Waals surface area contributed by atoms with E-state index < -0.39 is 5.97 Å². The molecule has 0 aliphatic rings. The first-order chi connectivity index (χ1) is 17.1. The van der Waals surface area contributed by atoms with Crippen LogP contribution in [0.25, 0.3) is 0 Å². The van der Waals surface area contributed by atoms with Crippen molar-refractivity contribution in [3.05, 3.63) is 12.2 Å². The van der Waals surface area contributed by atoms with Crippen molar-refractivity contribution >= 4 is 5.97 Å². The molecule has 226 valence electrons. The average molecular weight is 543 g/mol. The topological polar surface area (TPSA) is 280 Å². The molecule has 0 atom stereocenters. The first-order valence-electron chi connectivity index (χ1n) is 11.3. The highest BCUT2D eigenvalue weighted by Crippen LogP contribution is 1.81. The van der Waals surface area contributed by atoms with Gasteiger partial charge in [0, 0.05) is 84.9 Å². The van der Waals surface area contributed by atoms with Gasteiger partial charge >= 0.3 is 5.97 Å². The molecule has 0 saturated carbocycles. The number of hydrogen-bond donors (Lipinski definition) is 13. The van der Waals surface area contributed by atoms with Crippen molar-refractivity contribution in [2.45, 2.75) is 45.4 Å². The van der Waals surface area contributed by atoms with E-state index in [1.165, 1.54) is 6.92 Å². The number of aliphatic hydroxyl groups is 12. The Bertz CT molecular complexity index is 251. The molecule has 0 amide bonds. The van der Waals surface area contributed by atoms with Gasteiger partial charge in [-0.3, -0.25) is 0 Å². The lowest BCUT2D eigenvalue weighted by Gasteiger charge is -1.79. The van der Waals surface area contributed by atoms with E-state index >= 15 is 0 Å². The van der Waals surface area contributed by atoms with Gasteiger partial charge in [-0.05, 0) is 45.4 Å². The van der Waals surface area contributed by atoms with Gasteiger partial charge in [-0.1, -0.05) is 6.58 Å². The Balaban J connectivity index is -0.0000000546. The zero-order valence-corrected chi connectivity index (χ0v) is 21.7. The van der Waals surface area contributed by atoms with Gasteiger partial charge in [0.25, 0.3) is 0 Å². The molecular weight excluding hydrogens is 488 g/mol. The Labute approximate surface area is 214 Å². The first kappa shape index (κ1) is 51.4. The summed E-state index contributed by atoms with van der Waals surface area (Å²) in [5, 5.41) is 103. The number of aliphatic carboxylic acids is 1. The molecule has 14 heteroatoms. The van der Waals surface area contributed by atoms with E-state index in [0.29, 0.717) is 38.5 Å². The molecule has 0 fully saturated rings. The molecule has 0 radical (unpaired) electrons. The zero-order valence-electron chi connectivity index (χ0n) is 21.7. The number of hydrogen-bond acceptors (Lipinski definition) is 13.